The third kappa shape index (κ3) is 6.48. The molecule has 4 aliphatic rings. The zero-order chi connectivity index (χ0) is 37.7. The van der Waals surface area contributed by atoms with Crippen LogP contribution in [0, 0.1) is 11.7 Å². The van der Waals surface area contributed by atoms with Gasteiger partial charge in [-0.1, -0.05) is 0 Å². The van der Waals surface area contributed by atoms with Crippen LogP contribution in [0.1, 0.15) is 70.7 Å². The van der Waals surface area contributed by atoms with Crippen molar-refractivity contribution in [2.45, 2.75) is 50.5 Å². The molecule has 280 valence electrons. The van der Waals surface area contributed by atoms with Crippen LogP contribution in [-0.4, -0.2) is 96.4 Å². The summed E-state index contributed by atoms with van der Waals surface area (Å²) in [6, 6.07) is 13.0. The molecule has 4 aromatic rings. The maximum atomic E-state index is 15.5. The zero-order valence-corrected chi connectivity index (χ0v) is 30.2. The third-order valence-electron chi connectivity index (χ3n) is 11.4. The summed E-state index contributed by atoms with van der Waals surface area (Å²) in [6.45, 7) is 4.43. The van der Waals surface area contributed by atoms with Gasteiger partial charge in [-0.2, -0.15) is 0 Å². The van der Waals surface area contributed by atoms with Crippen LogP contribution < -0.4 is 25.2 Å². The van der Waals surface area contributed by atoms with Gasteiger partial charge in [0.2, 0.25) is 11.8 Å². The second-order valence-electron chi connectivity index (χ2n) is 14.6. The Kier molecular flexibility index (Phi) is 9.38. The van der Waals surface area contributed by atoms with Crippen molar-refractivity contribution in [1.82, 2.24) is 25.1 Å². The molecule has 1 aromatic heterocycles. The number of methoxy groups -OCH3 is 2. The highest BCUT2D eigenvalue weighted by Crippen LogP contribution is 2.36. The predicted octanol–water partition coefficient (Wildman–Crippen LogP) is 4.24. The summed E-state index contributed by atoms with van der Waals surface area (Å²) >= 11 is 0. The van der Waals surface area contributed by atoms with Crippen LogP contribution in [0.4, 0.5) is 10.1 Å². The molecule has 0 saturated carbocycles. The smallest absolute Gasteiger partial charge is 0.262 e. The van der Waals surface area contributed by atoms with Gasteiger partial charge in [0.05, 0.1) is 30.9 Å². The van der Waals surface area contributed by atoms with Crippen molar-refractivity contribution >= 4 is 40.2 Å². The number of hydrogen-bond acceptors (Lipinski definition) is 10. The summed E-state index contributed by atoms with van der Waals surface area (Å²) in [7, 11) is 3.06. The molecular formula is C40H41FN6O7. The van der Waals surface area contributed by atoms with Crippen LogP contribution in [0.15, 0.2) is 53.3 Å². The second-order valence-corrected chi connectivity index (χ2v) is 14.6. The van der Waals surface area contributed by atoms with Gasteiger partial charge >= 0.3 is 0 Å². The van der Waals surface area contributed by atoms with Gasteiger partial charge in [0.15, 0.2) is 0 Å². The minimum atomic E-state index is -1.08. The molecule has 54 heavy (non-hydrogen) atoms. The summed E-state index contributed by atoms with van der Waals surface area (Å²) in [6.07, 6.45) is 3.64. The molecule has 3 fully saturated rings. The van der Waals surface area contributed by atoms with Crippen LogP contribution >= 0.6 is 0 Å². The van der Waals surface area contributed by atoms with E-state index in [9.17, 15) is 24.0 Å². The summed E-state index contributed by atoms with van der Waals surface area (Å²) in [4.78, 5) is 76.7. The van der Waals surface area contributed by atoms with Gasteiger partial charge in [-0.3, -0.25) is 34.2 Å². The number of nitrogens with zero attached hydrogens (tertiary/aromatic N) is 4. The molecule has 0 bridgehead atoms. The average molecular weight is 737 g/mol. The van der Waals surface area contributed by atoms with Crippen molar-refractivity contribution in [2.24, 2.45) is 5.92 Å². The van der Waals surface area contributed by atoms with Crippen LogP contribution in [0.2, 0.25) is 0 Å². The highest BCUT2D eigenvalue weighted by atomic mass is 19.1. The van der Waals surface area contributed by atoms with E-state index >= 15 is 4.39 Å². The van der Waals surface area contributed by atoms with E-state index in [2.05, 4.69) is 32.2 Å². The number of anilines is 1. The minimum Gasteiger partial charge on any atom is -0.497 e. The number of halogens is 1. The molecule has 13 nitrogen and oxygen atoms in total. The van der Waals surface area contributed by atoms with E-state index in [1.54, 1.807) is 19.2 Å². The highest BCUT2D eigenvalue weighted by molar-refractivity contribution is 6.23. The first kappa shape index (κ1) is 35.4. The van der Waals surface area contributed by atoms with E-state index in [4.69, 9.17) is 14.5 Å². The number of aromatic nitrogens is 2. The molecular weight excluding hydrogens is 695 g/mol. The Labute approximate surface area is 310 Å². The number of aromatic amines is 1. The number of piperidine rings is 3. The van der Waals surface area contributed by atoms with Crippen LogP contribution in [0.3, 0.4) is 0 Å². The molecule has 1 unspecified atom stereocenters. The normalized spacial score (nSPS) is 20.1. The summed E-state index contributed by atoms with van der Waals surface area (Å²) in [5.74, 6) is -1.09. The number of benzene rings is 3. The molecule has 2 N–H and O–H groups in total. The summed E-state index contributed by atoms with van der Waals surface area (Å²) in [5.41, 5.74) is 2.63. The highest BCUT2D eigenvalue weighted by Gasteiger charge is 2.45. The monoisotopic (exact) mass is 736 g/mol. The van der Waals surface area contributed by atoms with E-state index in [1.165, 1.54) is 13.2 Å². The van der Waals surface area contributed by atoms with E-state index in [-0.39, 0.29) is 35.4 Å². The molecule has 5 heterocycles. The second kappa shape index (κ2) is 14.3. The molecule has 1 atom stereocenters. The lowest BCUT2D eigenvalue weighted by Gasteiger charge is -2.38. The van der Waals surface area contributed by atoms with E-state index in [1.807, 2.05) is 12.1 Å². The Balaban J connectivity index is 0.851. The number of rotatable bonds is 8. The van der Waals surface area contributed by atoms with Crippen molar-refractivity contribution in [3.63, 3.8) is 0 Å². The molecule has 14 heteroatoms. The fourth-order valence-corrected chi connectivity index (χ4v) is 8.44. The lowest BCUT2D eigenvalue weighted by atomic mass is 9.86. The molecule has 0 spiro atoms. The number of likely N-dealkylation sites (tertiary alicyclic amines) is 1. The summed E-state index contributed by atoms with van der Waals surface area (Å²) in [5, 5.41) is 2.56. The van der Waals surface area contributed by atoms with Gasteiger partial charge in [-0.05, 0) is 99.0 Å². The molecule has 3 aromatic carbocycles. The SMILES string of the molecule is COc1cc(OC)c2c(=O)[nH]c(-c3ccc(N4CCC(CN5CCC(c6cc7c(cc6F)C(=O)N(C6CCC(=O)NC6=O)C7=O)CC5)CC4)cc3)nc2c1. The molecule has 0 radical (unpaired) electrons. The number of ether oxygens (including phenoxy) is 2. The Bertz CT molecular complexity index is 2220. The number of carbonyl (C=O) groups is 4. The molecule has 4 amide bonds. The Morgan fingerprint density at radius 1 is 0.833 bits per heavy atom. The number of carbonyl (C=O) groups excluding carboxylic acids is 4. The quantitative estimate of drug-likeness (QED) is 0.251. The number of fused-ring (bicyclic) bond motifs is 2. The lowest BCUT2D eigenvalue weighted by Crippen LogP contribution is -2.54. The van der Waals surface area contributed by atoms with Crippen molar-refractivity contribution in [1.29, 1.82) is 0 Å². The number of nitrogens with one attached hydrogen (secondary N) is 2. The molecule has 4 aliphatic heterocycles. The largest absolute Gasteiger partial charge is 0.497 e. The minimum absolute atomic E-state index is 0.0270. The number of amides is 4. The standard InChI is InChI=1S/C40H41FN6O7/c1-53-26-17-31-35(33(18-26)54-2)38(50)44-36(42-31)24-3-5-25(6-4-24)46-15-9-22(10-16-46)21-45-13-11-23(12-14-45)27-19-28-29(20-30(27)41)40(52)47(39(28)51)32-7-8-34(48)43-37(32)49/h3-6,17-20,22-23,32H,7-16,21H2,1-2H3,(H,42,44,50)(H,43,48,49). The zero-order valence-electron chi connectivity index (χ0n) is 30.2. The first-order chi connectivity index (χ1) is 26.1. The van der Waals surface area contributed by atoms with Gasteiger partial charge in [-0.15, -0.1) is 0 Å². The number of imide groups is 2. The van der Waals surface area contributed by atoms with Crippen LogP contribution in [-0.2, 0) is 9.59 Å². The maximum Gasteiger partial charge on any atom is 0.262 e. The average Bonchev–Trinajstić information content (AvgIpc) is 3.41. The van der Waals surface area contributed by atoms with Crippen LogP contribution in [0.25, 0.3) is 22.3 Å². The van der Waals surface area contributed by atoms with Crippen molar-refractivity contribution in [3.8, 4) is 22.9 Å². The van der Waals surface area contributed by atoms with Gasteiger partial charge in [-0.25, -0.2) is 9.37 Å². The first-order valence-corrected chi connectivity index (χ1v) is 18.4. The topological polar surface area (TPSA) is 154 Å². The third-order valence-corrected chi connectivity index (χ3v) is 11.4. The molecule has 0 aliphatic carbocycles. The van der Waals surface area contributed by atoms with Crippen molar-refractivity contribution in [2.75, 3.05) is 51.8 Å². The first-order valence-electron chi connectivity index (χ1n) is 18.4. The van der Waals surface area contributed by atoms with E-state index in [0.29, 0.717) is 39.7 Å². The summed E-state index contributed by atoms with van der Waals surface area (Å²) < 4.78 is 26.2. The molecule has 3 saturated heterocycles. The van der Waals surface area contributed by atoms with Crippen molar-refractivity contribution in [3.05, 3.63) is 81.4 Å². The number of H-pyrrole nitrogens is 1. The number of hydrogen-bond donors (Lipinski definition) is 2. The fraction of sp³-hybridized carbons (Fsp3) is 0.400. The molecule has 8 rings (SSSR count). The Morgan fingerprint density at radius 2 is 1.54 bits per heavy atom. The van der Waals surface area contributed by atoms with E-state index in [0.717, 1.165) is 80.6 Å². The van der Waals surface area contributed by atoms with E-state index < -0.39 is 35.5 Å². The van der Waals surface area contributed by atoms with Crippen molar-refractivity contribution < 1.29 is 33.0 Å². The van der Waals surface area contributed by atoms with Gasteiger partial charge < -0.3 is 24.3 Å². The lowest BCUT2D eigenvalue weighted by molar-refractivity contribution is -0.136. The van der Waals surface area contributed by atoms with Crippen LogP contribution in [0.5, 0.6) is 11.5 Å². The fourth-order valence-electron chi connectivity index (χ4n) is 8.44. The van der Waals surface area contributed by atoms with Gasteiger partial charge in [0, 0.05) is 49.4 Å². The van der Waals surface area contributed by atoms with Gasteiger partial charge in [0.25, 0.3) is 17.4 Å². The maximum absolute atomic E-state index is 15.5. The van der Waals surface area contributed by atoms with Gasteiger partial charge in [0.1, 0.15) is 34.6 Å². The Hall–Kier alpha value is -5.63. The predicted molar refractivity (Wildman–Crippen MR) is 197 cm³/mol. The Morgan fingerprint density at radius 3 is 2.20 bits per heavy atom.